The van der Waals surface area contributed by atoms with E-state index in [2.05, 4.69) is 5.32 Å². The Hall–Kier alpha value is -1.29. The van der Waals surface area contributed by atoms with Crippen molar-refractivity contribution in [3.8, 4) is 6.07 Å². The zero-order valence-corrected chi connectivity index (χ0v) is 9.89. The van der Waals surface area contributed by atoms with E-state index in [-0.39, 0.29) is 6.54 Å². The molecule has 0 radical (unpaired) electrons. The maximum Gasteiger partial charge on any atom is 0.415 e. The van der Waals surface area contributed by atoms with Gasteiger partial charge in [0.25, 0.3) is 0 Å². The topological polar surface area (TPSA) is 56.0 Å². The molecule has 0 aliphatic carbocycles. The van der Waals surface area contributed by atoms with Crippen LogP contribution < -0.4 is 5.32 Å². The number of nitrogens with zero attached hydrogens (tertiary/aromatic N) is 1. The summed E-state index contributed by atoms with van der Waals surface area (Å²) in [6, 6.07) is 6.39. The van der Waals surface area contributed by atoms with E-state index >= 15 is 0 Å². The summed E-state index contributed by atoms with van der Waals surface area (Å²) in [6.07, 6.45) is -7.05. The smallest absolute Gasteiger partial charge is 0.382 e. The number of benzene rings is 1. The molecule has 0 bridgehead atoms. The molecule has 0 aliphatic rings. The van der Waals surface area contributed by atoms with Crippen molar-refractivity contribution < 1.29 is 18.3 Å². The van der Waals surface area contributed by atoms with Crippen LogP contribution >= 0.6 is 11.6 Å². The summed E-state index contributed by atoms with van der Waals surface area (Å²) in [7, 11) is 0. The Kier molecular flexibility index (Phi) is 4.96. The summed E-state index contributed by atoms with van der Waals surface area (Å²) in [5.74, 6) is 0. The zero-order chi connectivity index (χ0) is 13.8. The Bertz CT molecular complexity index is 457. The lowest BCUT2D eigenvalue weighted by atomic mass is 10.1. The summed E-state index contributed by atoms with van der Waals surface area (Å²) < 4.78 is 36.0. The van der Waals surface area contributed by atoms with Crippen molar-refractivity contribution in [2.75, 3.05) is 6.54 Å². The van der Waals surface area contributed by atoms with Crippen molar-refractivity contribution >= 4 is 11.6 Å². The minimum absolute atomic E-state index is 0.0810. The first kappa shape index (κ1) is 14.8. The molecule has 18 heavy (non-hydrogen) atoms. The molecular formula is C11H10ClF3N2O. The zero-order valence-electron chi connectivity index (χ0n) is 9.13. The van der Waals surface area contributed by atoms with Gasteiger partial charge in [0.05, 0.1) is 11.6 Å². The lowest BCUT2D eigenvalue weighted by Gasteiger charge is -2.15. The molecule has 0 saturated heterocycles. The van der Waals surface area contributed by atoms with Crippen LogP contribution in [0.2, 0.25) is 5.02 Å². The van der Waals surface area contributed by atoms with Gasteiger partial charge in [-0.2, -0.15) is 18.4 Å². The van der Waals surface area contributed by atoms with Crippen LogP contribution in [0.15, 0.2) is 18.2 Å². The van der Waals surface area contributed by atoms with E-state index < -0.39 is 18.8 Å². The third-order valence-corrected chi connectivity index (χ3v) is 2.56. The number of aliphatic hydroxyl groups excluding tert-OH is 1. The minimum Gasteiger partial charge on any atom is -0.382 e. The van der Waals surface area contributed by atoms with Crippen LogP contribution in [0.3, 0.4) is 0 Å². The Labute approximate surface area is 107 Å². The largest absolute Gasteiger partial charge is 0.415 e. The average Bonchev–Trinajstić information content (AvgIpc) is 2.29. The molecule has 1 rings (SSSR count). The van der Waals surface area contributed by atoms with Gasteiger partial charge in [0.15, 0.2) is 6.10 Å². The van der Waals surface area contributed by atoms with Crippen molar-refractivity contribution in [2.24, 2.45) is 0 Å². The van der Waals surface area contributed by atoms with Crippen molar-refractivity contribution in [2.45, 2.75) is 18.8 Å². The quantitative estimate of drug-likeness (QED) is 0.888. The van der Waals surface area contributed by atoms with Crippen LogP contribution in [0.1, 0.15) is 11.1 Å². The van der Waals surface area contributed by atoms with Crippen LogP contribution in [0, 0.1) is 11.3 Å². The fourth-order valence-electron chi connectivity index (χ4n) is 1.22. The minimum atomic E-state index is -4.64. The van der Waals surface area contributed by atoms with Gasteiger partial charge in [-0.3, -0.25) is 0 Å². The molecule has 98 valence electrons. The molecule has 0 amide bonds. The second-order valence-electron chi connectivity index (χ2n) is 3.61. The van der Waals surface area contributed by atoms with Crippen molar-refractivity contribution in [3.63, 3.8) is 0 Å². The van der Waals surface area contributed by atoms with Gasteiger partial charge in [-0.15, -0.1) is 0 Å². The Morgan fingerprint density at radius 3 is 2.61 bits per heavy atom. The van der Waals surface area contributed by atoms with Gasteiger partial charge < -0.3 is 10.4 Å². The maximum absolute atomic E-state index is 12.0. The highest BCUT2D eigenvalue weighted by molar-refractivity contribution is 6.31. The number of hydrogen-bond acceptors (Lipinski definition) is 3. The molecule has 1 atom stereocenters. The lowest BCUT2D eigenvalue weighted by Crippen LogP contribution is -2.38. The molecule has 2 N–H and O–H groups in total. The molecule has 0 saturated carbocycles. The van der Waals surface area contributed by atoms with Gasteiger partial charge >= 0.3 is 6.18 Å². The highest BCUT2D eigenvalue weighted by Gasteiger charge is 2.37. The standard InChI is InChI=1S/C11H10ClF3N2O/c12-9-3-7(4-16)1-2-8(9)5-17-6-10(18)11(13,14)15/h1-3,10,17-18H,5-6H2. The third kappa shape index (κ3) is 4.18. The molecule has 1 aromatic carbocycles. The number of rotatable bonds is 4. The van der Waals surface area contributed by atoms with Crippen LogP contribution in [0.25, 0.3) is 0 Å². The van der Waals surface area contributed by atoms with E-state index in [4.69, 9.17) is 22.0 Å². The lowest BCUT2D eigenvalue weighted by molar-refractivity contribution is -0.201. The van der Waals surface area contributed by atoms with Crippen LogP contribution in [-0.4, -0.2) is 23.9 Å². The molecule has 0 fully saturated rings. The fourth-order valence-corrected chi connectivity index (χ4v) is 1.47. The summed E-state index contributed by atoms with van der Waals surface area (Å²) in [6.45, 7) is -0.530. The van der Waals surface area contributed by atoms with Gasteiger partial charge in [-0.05, 0) is 17.7 Å². The first-order valence-electron chi connectivity index (χ1n) is 4.98. The molecule has 1 unspecified atom stereocenters. The number of nitriles is 1. The number of alkyl halides is 3. The Morgan fingerprint density at radius 2 is 2.11 bits per heavy atom. The molecule has 0 heterocycles. The van der Waals surface area contributed by atoms with E-state index in [1.165, 1.54) is 12.1 Å². The molecule has 0 spiro atoms. The predicted octanol–water partition coefficient (Wildman–Crippen LogP) is 2.22. The highest BCUT2D eigenvalue weighted by atomic mass is 35.5. The van der Waals surface area contributed by atoms with Crippen molar-refractivity contribution in [1.29, 1.82) is 5.26 Å². The third-order valence-electron chi connectivity index (χ3n) is 2.21. The van der Waals surface area contributed by atoms with Gasteiger partial charge in [0.2, 0.25) is 0 Å². The van der Waals surface area contributed by atoms with E-state index in [1.54, 1.807) is 6.07 Å². The molecule has 0 aliphatic heterocycles. The van der Waals surface area contributed by atoms with Gasteiger partial charge in [0.1, 0.15) is 0 Å². The second-order valence-corrected chi connectivity index (χ2v) is 4.01. The van der Waals surface area contributed by atoms with E-state index in [1.807, 2.05) is 6.07 Å². The van der Waals surface area contributed by atoms with Gasteiger partial charge in [-0.1, -0.05) is 17.7 Å². The van der Waals surface area contributed by atoms with Crippen molar-refractivity contribution in [3.05, 3.63) is 34.3 Å². The summed E-state index contributed by atoms with van der Waals surface area (Å²) in [5.41, 5.74) is 0.934. The molecule has 3 nitrogen and oxygen atoms in total. The van der Waals surface area contributed by atoms with Crippen LogP contribution in [-0.2, 0) is 6.54 Å². The summed E-state index contributed by atoms with van der Waals surface area (Å²) in [5, 5.41) is 20.1. The average molecular weight is 279 g/mol. The van der Waals surface area contributed by atoms with Crippen LogP contribution in [0.5, 0.6) is 0 Å². The van der Waals surface area contributed by atoms with Gasteiger partial charge in [-0.25, -0.2) is 0 Å². The number of halogens is 4. The first-order valence-corrected chi connectivity index (χ1v) is 5.36. The SMILES string of the molecule is N#Cc1ccc(CNCC(O)C(F)(F)F)c(Cl)c1. The second kappa shape index (κ2) is 6.05. The first-order chi connectivity index (χ1) is 8.34. The van der Waals surface area contributed by atoms with Crippen molar-refractivity contribution in [1.82, 2.24) is 5.32 Å². The normalized spacial score (nSPS) is 13.1. The molecular weight excluding hydrogens is 269 g/mol. The van der Waals surface area contributed by atoms with Gasteiger partial charge in [0, 0.05) is 18.1 Å². The number of hydrogen-bond donors (Lipinski definition) is 2. The maximum atomic E-state index is 12.0. The summed E-state index contributed by atoms with van der Waals surface area (Å²) in [4.78, 5) is 0. The van der Waals surface area contributed by atoms with E-state index in [9.17, 15) is 13.2 Å². The number of nitrogens with one attached hydrogen (secondary N) is 1. The number of aliphatic hydroxyl groups is 1. The predicted molar refractivity (Wildman–Crippen MR) is 59.9 cm³/mol. The highest BCUT2D eigenvalue weighted by Crippen LogP contribution is 2.20. The monoisotopic (exact) mass is 278 g/mol. The Morgan fingerprint density at radius 1 is 1.44 bits per heavy atom. The Balaban J connectivity index is 2.53. The molecule has 0 aromatic heterocycles. The molecule has 7 heteroatoms. The molecule has 1 aromatic rings. The fraction of sp³-hybridized carbons (Fsp3) is 0.364. The van der Waals surface area contributed by atoms with E-state index in [0.717, 1.165) is 0 Å². The summed E-state index contributed by atoms with van der Waals surface area (Å²) >= 11 is 5.84. The van der Waals surface area contributed by atoms with Crippen LogP contribution in [0.4, 0.5) is 13.2 Å². The van der Waals surface area contributed by atoms with E-state index in [0.29, 0.717) is 16.1 Å².